The van der Waals surface area contributed by atoms with Gasteiger partial charge in [-0.25, -0.2) is 9.59 Å². The number of benzene rings is 2. The molecule has 180 valence electrons. The first kappa shape index (κ1) is 23.8. The van der Waals surface area contributed by atoms with Crippen molar-refractivity contribution in [1.29, 1.82) is 0 Å². The molecule has 0 aromatic heterocycles. The highest BCUT2D eigenvalue weighted by Gasteiger charge is 2.30. The molecule has 8 nitrogen and oxygen atoms in total. The molecule has 0 spiro atoms. The molecule has 1 saturated heterocycles. The number of carbonyl (C=O) groups is 3. The summed E-state index contributed by atoms with van der Waals surface area (Å²) < 4.78 is 5.63. The fourth-order valence-corrected chi connectivity index (χ4v) is 4.82. The van der Waals surface area contributed by atoms with E-state index >= 15 is 0 Å². The standard InChI is InChI=1S/C26H31N3O5/c1-2-23(25(31)32)28-24(30)15-29-13-11-17(12-14-29)27-26(33)34-16-22-20-9-5-3-7-18(20)19-8-4-6-10-21(19)22/h3-10,17,22-23H,2,11-16H2,1H3,(H,27,33)(H,28,30)(H,31,32). The summed E-state index contributed by atoms with van der Waals surface area (Å²) in [4.78, 5) is 37.7. The summed E-state index contributed by atoms with van der Waals surface area (Å²) in [6.45, 7) is 3.44. The van der Waals surface area contributed by atoms with Gasteiger partial charge in [-0.15, -0.1) is 0 Å². The maximum Gasteiger partial charge on any atom is 0.407 e. The highest BCUT2D eigenvalue weighted by atomic mass is 16.5. The molecular formula is C26H31N3O5. The molecule has 1 atom stereocenters. The molecule has 1 aliphatic carbocycles. The van der Waals surface area contributed by atoms with Gasteiger partial charge in [-0.2, -0.15) is 0 Å². The van der Waals surface area contributed by atoms with Gasteiger partial charge in [0.2, 0.25) is 5.91 Å². The van der Waals surface area contributed by atoms with Crippen LogP contribution in [-0.4, -0.2) is 66.3 Å². The lowest BCUT2D eigenvalue weighted by Crippen LogP contribution is -2.49. The van der Waals surface area contributed by atoms with Crippen molar-refractivity contribution in [3.63, 3.8) is 0 Å². The van der Waals surface area contributed by atoms with E-state index in [-0.39, 0.29) is 31.0 Å². The third kappa shape index (κ3) is 5.39. The summed E-state index contributed by atoms with van der Waals surface area (Å²) in [5.74, 6) is -1.30. The second-order valence-corrected chi connectivity index (χ2v) is 8.89. The molecule has 1 heterocycles. The Morgan fingerprint density at radius 3 is 2.18 bits per heavy atom. The van der Waals surface area contributed by atoms with Gasteiger partial charge in [0.25, 0.3) is 0 Å². The van der Waals surface area contributed by atoms with Crippen molar-refractivity contribution in [2.75, 3.05) is 26.2 Å². The van der Waals surface area contributed by atoms with E-state index in [2.05, 4.69) is 34.9 Å². The van der Waals surface area contributed by atoms with Crippen LogP contribution in [-0.2, 0) is 14.3 Å². The van der Waals surface area contributed by atoms with Crippen LogP contribution in [0.1, 0.15) is 43.2 Å². The van der Waals surface area contributed by atoms with Crippen molar-refractivity contribution >= 4 is 18.0 Å². The van der Waals surface area contributed by atoms with Crippen molar-refractivity contribution in [2.24, 2.45) is 0 Å². The van der Waals surface area contributed by atoms with Crippen molar-refractivity contribution in [2.45, 2.75) is 44.2 Å². The summed E-state index contributed by atoms with van der Waals surface area (Å²) in [5.41, 5.74) is 4.74. The number of rotatable bonds is 8. The first-order valence-electron chi connectivity index (χ1n) is 11.8. The second-order valence-electron chi connectivity index (χ2n) is 8.89. The summed E-state index contributed by atoms with van der Waals surface area (Å²) in [5, 5.41) is 14.6. The van der Waals surface area contributed by atoms with Crippen molar-refractivity contribution in [3.8, 4) is 11.1 Å². The van der Waals surface area contributed by atoms with Gasteiger partial charge in [0.1, 0.15) is 12.6 Å². The largest absolute Gasteiger partial charge is 0.480 e. The molecule has 2 amide bonds. The van der Waals surface area contributed by atoms with Gasteiger partial charge in [0.15, 0.2) is 0 Å². The Morgan fingerprint density at radius 2 is 1.62 bits per heavy atom. The zero-order chi connectivity index (χ0) is 24.1. The summed E-state index contributed by atoms with van der Waals surface area (Å²) in [6.07, 6.45) is 1.32. The highest BCUT2D eigenvalue weighted by molar-refractivity contribution is 5.84. The molecule has 1 unspecified atom stereocenters. The zero-order valence-corrected chi connectivity index (χ0v) is 19.3. The van der Waals surface area contributed by atoms with Crippen molar-refractivity contribution in [3.05, 3.63) is 59.7 Å². The van der Waals surface area contributed by atoms with Gasteiger partial charge in [0, 0.05) is 25.0 Å². The van der Waals surface area contributed by atoms with Crippen LogP contribution in [0.25, 0.3) is 11.1 Å². The Kier molecular flexibility index (Phi) is 7.47. The van der Waals surface area contributed by atoms with Gasteiger partial charge >= 0.3 is 12.1 Å². The molecule has 1 fully saturated rings. The fourth-order valence-electron chi connectivity index (χ4n) is 4.82. The topological polar surface area (TPSA) is 108 Å². The molecular weight excluding hydrogens is 434 g/mol. The van der Waals surface area contributed by atoms with E-state index in [4.69, 9.17) is 9.84 Å². The lowest BCUT2D eigenvalue weighted by Gasteiger charge is -2.31. The SMILES string of the molecule is CCC(NC(=O)CN1CCC(NC(=O)OCC2c3ccccc3-c3ccccc32)CC1)C(=O)O. The first-order valence-corrected chi connectivity index (χ1v) is 11.8. The Morgan fingerprint density at radius 1 is 1.03 bits per heavy atom. The van der Waals surface area contributed by atoms with Gasteiger partial charge in [-0.1, -0.05) is 55.5 Å². The number of nitrogens with one attached hydrogen (secondary N) is 2. The van der Waals surface area contributed by atoms with Gasteiger partial charge in [0.05, 0.1) is 6.54 Å². The van der Waals surface area contributed by atoms with Crippen LogP contribution in [0.15, 0.2) is 48.5 Å². The third-order valence-corrected chi connectivity index (χ3v) is 6.66. The molecule has 2 aromatic carbocycles. The van der Waals surface area contributed by atoms with Crippen LogP contribution in [0, 0.1) is 0 Å². The number of carboxylic acids is 1. The minimum atomic E-state index is -1.03. The second kappa shape index (κ2) is 10.7. The first-order chi connectivity index (χ1) is 16.5. The number of piperidine rings is 1. The zero-order valence-electron chi connectivity index (χ0n) is 19.3. The number of fused-ring (bicyclic) bond motifs is 3. The number of hydrogen-bond acceptors (Lipinski definition) is 5. The van der Waals surface area contributed by atoms with Crippen LogP contribution >= 0.6 is 0 Å². The third-order valence-electron chi connectivity index (χ3n) is 6.66. The smallest absolute Gasteiger partial charge is 0.407 e. The number of amides is 2. The Balaban J connectivity index is 1.23. The quantitative estimate of drug-likeness (QED) is 0.553. The molecule has 1 aliphatic heterocycles. The van der Waals surface area contributed by atoms with Gasteiger partial charge < -0.3 is 20.5 Å². The van der Waals surface area contributed by atoms with Crippen LogP contribution in [0.5, 0.6) is 0 Å². The minimum Gasteiger partial charge on any atom is -0.480 e. The maximum absolute atomic E-state index is 12.5. The number of nitrogens with zero attached hydrogens (tertiary/aromatic N) is 1. The molecule has 4 rings (SSSR count). The van der Waals surface area contributed by atoms with Crippen molar-refractivity contribution in [1.82, 2.24) is 15.5 Å². The van der Waals surface area contributed by atoms with Crippen LogP contribution in [0.4, 0.5) is 4.79 Å². The fraction of sp³-hybridized carbons (Fsp3) is 0.423. The van der Waals surface area contributed by atoms with E-state index < -0.39 is 18.1 Å². The molecule has 3 N–H and O–H groups in total. The van der Waals surface area contributed by atoms with E-state index in [0.29, 0.717) is 32.4 Å². The lowest BCUT2D eigenvalue weighted by atomic mass is 9.98. The number of hydrogen-bond donors (Lipinski definition) is 3. The van der Waals surface area contributed by atoms with E-state index in [1.54, 1.807) is 6.92 Å². The van der Waals surface area contributed by atoms with E-state index in [1.807, 2.05) is 29.2 Å². The Bertz CT molecular complexity index is 1000. The molecule has 34 heavy (non-hydrogen) atoms. The Labute approximate surface area is 199 Å². The van der Waals surface area contributed by atoms with E-state index in [9.17, 15) is 14.4 Å². The molecule has 0 saturated carbocycles. The number of likely N-dealkylation sites (tertiary alicyclic amines) is 1. The normalized spacial score (nSPS) is 16.9. The number of alkyl carbamates (subject to hydrolysis) is 1. The maximum atomic E-state index is 12.5. The predicted octanol–water partition coefficient (Wildman–Crippen LogP) is 2.97. The van der Waals surface area contributed by atoms with Gasteiger partial charge in [-0.05, 0) is 41.5 Å². The summed E-state index contributed by atoms with van der Waals surface area (Å²) in [6, 6.07) is 15.6. The number of carbonyl (C=O) groups excluding carboxylic acids is 2. The van der Waals surface area contributed by atoms with Crippen molar-refractivity contribution < 1.29 is 24.2 Å². The van der Waals surface area contributed by atoms with Crippen LogP contribution in [0.2, 0.25) is 0 Å². The molecule has 0 radical (unpaired) electrons. The molecule has 0 bridgehead atoms. The summed E-state index contributed by atoms with van der Waals surface area (Å²) >= 11 is 0. The molecule has 2 aliphatic rings. The minimum absolute atomic E-state index is 0.0163. The molecule has 2 aromatic rings. The van der Waals surface area contributed by atoms with Crippen LogP contribution < -0.4 is 10.6 Å². The highest BCUT2D eigenvalue weighted by Crippen LogP contribution is 2.44. The number of carboxylic acid groups (broad SMARTS) is 1. The average molecular weight is 466 g/mol. The van der Waals surface area contributed by atoms with Gasteiger partial charge in [-0.3, -0.25) is 9.69 Å². The predicted molar refractivity (Wildman–Crippen MR) is 128 cm³/mol. The monoisotopic (exact) mass is 465 g/mol. The number of aliphatic carboxylic acids is 1. The van der Waals surface area contributed by atoms with E-state index in [1.165, 1.54) is 22.3 Å². The number of ether oxygens (including phenoxy) is 1. The Hall–Kier alpha value is -3.39. The molecule has 8 heteroatoms. The lowest BCUT2D eigenvalue weighted by molar-refractivity contribution is -0.142. The average Bonchev–Trinajstić information content (AvgIpc) is 3.16. The summed E-state index contributed by atoms with van der Waals surface area (Å²) in [7, 11) is 0. The van der Waals surface area contributed by atoms with E-state index in [0.717, 1.165) is 0 Å². The van der Waals surface area contributed by atoms with Crippen LogP contribution in [0.3, 0.4) is 0 Å².